The monoisotopic (exact) mass is 456 g/mol. The zero-order valence-corrected chi connectivity index (χ0v) is 19.0. The minimum absolute atomic E-state index is 0.157. The third kappa shape index (κ3) is 4.42. The minimum atomic E-state index is -3.47. The fraction of sp³-hybridized carbons (Fsp3) is 0.417. The van der Waals surface area contributed by atoms with E-state index in [1.807, 2.05) is 24.3 Å². The Labute approximate surface area is 189 Å². The molecule has 0 spiro atoms. The van der Waals surface area contributed by atoms with Gasteiger partial charge in [-0.1, -0.05) is 36.8 Å². The van der Waals surface area contributed by atoms with Crippen molar-refractivity contribution in [2.24, 2.45) is 0 Å². The smallest absolute Gasteiger partial charge is 0.329 e. The lowest BCUT2D eigenvalue weighted by Gasteiger charge is -2.26. The van der Waals surface area contributed by atoms with E-state index >= 15 is 0 Å². The Balaban J connectivity index is 1.44. The highest BCUT2D eigenvalue weighted by Crippen LogP contribution is 2.33. The summed E-state index contributed by atoms with van der Waals surface area (Å²) >= 11 is 0. The molecule has 4 rings (SSSR count). The zero-order chi connectivity index (χ0) is 22.7. The summed E-state index contributed by atoms with van der Waals surface area (Å²) in [7, 11) is -2.14. The van der Waals surface area contributed by atoms with Crippen molar-refractivity contribution in [1.29, 1.82) is 0 Å². The number of benzene rings is 2. The standard InChI is InChI=1S/C24H28N2O5S/c1-31-24(28)22-17-19-7-3-4-8-21(19)26(22)23(27)14-11-18-9-12-20(13-10-18)32(29,30)25-15-5-2-6-16-25/h3-4,7-10,12-13,22H,2,5-6,11,14-17H2,1H3. The summed E-state index contributed by atoms with van der Waals surface area (Å²) in [5, 5.41) is 0. The molecule has 7 nitrogen and oxygen atoms in total. The quantitative estimate of drug-likeness (QED) is 0.624. The Morgan fingerprint density at radius 2 is 1.69 bits per heavy atom. The van der Waals surface area contributed by atoms with Crippen molar-refractivity contribution < 1.29 is 22.7 Å². The SMILES string of the molecule is COC(=O)C1Cc2ccccc2N1C(=O)CCc1ccc(S(=O)(=O)N2CCCCC2)cc1. The molecule has 2 heterocycles. The van der Waals surface area contributed by atoms with Gasteiger partial charge in [-0.3, -0.25) is 9.69 Å². The molecule has 2 aromatic rings. The molecule has 0 saturated carbocycles. The fourth-order valence-electron chi connectivity index (χ4n) is 4.47. The zero-order valence-electron chi connectivity index (χ0n) is 18.2. The van der Waals surface area contributed by atoms with Crippen molar-refractivity contribution in [2.75, 3.05) is 25.1 Å². The second-order valence-electron chi connectivity index (χ2n) is 8.24. The number of ether oxygens (including phenoxy) is 1. The summed E-state index contributed by atoms with van der Waals surface area (Å²) in [6.07, 6.45) is 3.96. The molecule has 0 bridgehead atoms. The Morgan fingerprint density at radius 1 is 1.00 bits per heavy atom. The number of aryl methyl sites for hydroxylation is 1. The Morgan fingerprint density at radius 3 is 2.38 bits per heavy atom. The van der Waals surface area contributed by atoms with Crippen LogP contribution in [0.3, 0.4) is 0 Å². The highest BCUT2D eigenvalue weighted by Gasteiger charge is 2.38. The summed E-state index contributed by atoms with van der Waals surface area (Å²) in [6, 6.07) is 13.6. The van der Waals surface area contributed by atoms with Gasteiger partial charge in [0, 0.05) is 31.6 Å². The van der Waals surface area contributed by atoms with Crippen LogP contribution in [0.1, 0.15) is 36.8 Å². The molecule has 170 valence electrons. The van der Waals surface area contributed by atoms with Crippen LogP contribution in [0.15, 0.2) is 53.4 Å². The molecule has 2 aliphatic rings. The Kier molecular flexibility index (Phi) is 6.62. The topological polar surface area (TPSA) is 84.0 Å². The lowest BCUT2D eigenvalue weighted by molar-refractivity contribution is -0.143. The predicted octanol–water partition coefficient (Wildman–Crippen LogP) is 2.92. The molecular weight excluding hydrogens is 428 g/mol. The second kappa shape index (κ2) is 9.42. The molecule has 0 aliphatic carbocycles. The van der Waals surface area contributed by atoms with Gasteiger partial charge < -0.3 is 4.74 Å². The number of hydrogen-bond donors (Lipinski definition) is 0. The molecule has 1 atom stereocenters. The normalized spacial score (nSPS) is 18.9. The maximum atomic E-state index is 13.1. The molecule has 8 heteroatoms. The van der Waals surface area contributed by atoms with Crippen molar-refractivity contribution in [3.63, 3.8) is 0 Å². The van der Waals surface area contributed by atoms with Gasteiger partial charge in [-0.2, -0.15) is 4.31 Å². The summed E-state index contributed by atoms with van der Waals surface area (Å²) < 4.78 is 32.1. The van der Waals surface area contributed by atoms with E-state index in [0.717, 1.165) is 36.1 Å². The van der Waals surface area contributed by atoms with Gasteiger partial charge in [0.1, 0.15) is 6.04 Å². The number of sulfonamides is 1. The number of carbonyl (C=O) groups is 2. The molecule has 1 fully saturated rings. The van der Waals surface area contributed by atoms with Gasteiger partial charge in [0.2, 0.25) is 15.9 Å². The van der Waals surface area contributed by atoms with Gasteiger partial charge in [0.05, 0.1) is 12.0 Å². The lowest BCUT2D eigenvalue weighted by atomic mass is 10.1. The van der Waals surface area contributed by atoms with Gasteiger partial charge in [-0.15, -0.1) is 0 Å². The van der Waals surface area contributed by atoms with Crippen molar-refractivity contribution in [1.82, 2.24) is 4.31 Å². The van der Waals surface area contributed by atoms with Gasteiger partial charge in [0.15, 0.2) is 0 Å². The second-order valence-corrected chi connectivity index (χ2v) is 10.2. The van der Waals surface area contributed by atoms with E-state index in [-0.39, 0.29) is 17.2 Å². The van der Waals surface area contributed by atoms with Crippen LogP contribution in [0.4, 0.5) is 5.69 Å². The third-order valence-electron chi connectivity index (χ3n) is 6.22. The number of rotatable bonds is 6. The fourth-order valence-corrected chi connectivity index (χ4v) is 5.99. The molecule has 1 saturated heterocycles. The molecule has 0 aromatic heterocycles. The lowest BCUT2D eigenvalue weighted by Crippen LogP contribution is -2.43. The van der Waals surface area contributed by atoms with Crippen LogP contribution >= 0.6 is 0 Å². The average Bonchev–Trinajstić information content (AvgIpc) is 3.22. The molecule has 1 amide bonds. The molecule has 1 unspecified atom stereocenters. The molecule has 2 aliphatic heterocycles. The number of nitrogens with zero attached hydrogens (tertiary/aromatic N) is 2. The first-order valence-electron chi connectivity index (χ1n) is 11.0. The Bertz CT molecular complexity index is 1090. The van der Waals surface area contributed by atoms with Crippen LogP contribution in [0, 0.1) is 0 Å². The molecular formula is C24H28N2O5S. The summed E-state index contributed by atoms with van der Waals surface area (Å²) in [5.74, 6) is -0.586. The summed E-state index contributed by atoms with van der Waals surface area (Å²) in [4.78, 5) is 27.1. The molecule has 0 N–H and O–H groups in total. The Hall–Kier alpha value is -2.71. The largest absolute Gasteiger partial charge is 0.467 e. The molecule has 0 radical (unpaired) electrons. The predicted molar refractivity (Wildman–Crippen MR) is 121 cm³/mol. The number of methoxy groups -OCH3 is 1. The number of piperidine rings is 1. The maximum absolute atomic E-state index is 13.1. The summed E-state index contributed by atoms with van der Waals surface area (Å²) in [6.45, 7) is 1.13. The van der Waals surface area contributed by atoms with Crippen LogP contribution in [-0.2, 0) is 37.2 Å². The minimum Gasteiger partial charge on any atom is -0.467 e. The number of anilines is 1. The first-order chi connectivity index (χ1) is 15.4. The van der Waals surface area contributed by atoms with Crippen LogP contribution in [0.2, 0.25) is 0 Å². The van der Waals surface area contributed by atoms with E-state index in [9.17, 15) is 18.0 Å². The van der Waals surface area contributed by atoms with E-state index in [1.165, 1.54) is 12.0 Å². The van der Waals surface area contributed by atoms with Gasteiger partial charge in [-0.05, 0) is 48.6 Å². The molecule has 2 aromatic carbocycles. The summed E-state index contributed by atoms with van der Waals surface area (Å²) in [5.41, 5.74) is 2.57. The van der Waals surface area contributed by atoms with Gasteiger partial charge in [-0.25, -0.2) is 13.2 Å². The van der Waals surface area contributed by atoms with E-state index in [4.69, 9.17) is 4.74 Å². The first kappa shape index (κ1) is 22.5. The van der Waals surface area contributed by atoms with E-state index in [2.05, 4.69) is 0 Å². The first-order valence-corrected chi connectivity index (χ1v) is 12.4. The average molecular weight is 457 g/mol. The van der Waals surface area contributed by atoms with Crippen LogP contribution in [-0.4, -0.2) is 50.8 Å². The number of carbonyl (C=O) groups excluding carboxylic acids is 2. The van der Waals surface area contributed by atoms with Crippen molar-refractivity contribution in [2.45, 2.75) is 49.5 Å². The van der Waals surface area contributed by atoms with E-state index in [1.54, 1.807) is 28.6 Å². The third-order valence-corrected chi connectivity index (χ3v) is 8.13. The van der Waals surface area contributed by atoms with Crippen molar-refractivity contribution >= 4 is 27.6 Å². The van der Waals surface area contributed by atoms with E-state index < -0.39 is 22.0 Å². The molecule has 32 heavy (non-hydrogen) atoms. The van der Waals surface area contributed by atoms with Crippen LogP contribution in [0.5, 0.6) is 0 Å². The van der Waals surface area contributed by atoms with E-state index in [0.29, 0.717) is 25.9 Å². The number of amides is 1. The highest BCUT2D eigenvalue weighted by molar-refractivity contribution is 7.89. The van der Waals surface area contributed by atoms with Gasteiger partial charge in [0.25, 0.3) is 0 Å². The highest BCUT2D eigenvalue weighted by atomic mass is 32.2. The number of fused-ring (bicyclic) bond motifs is 1. The number of hydrogen-bond acceptors (Lipinski definition) is 5. The maximum Gasteiger partial charge on any atom is 0.329 e. The van der Waals surface area contributed by atoms with Gasteiger partial charge >= 0.3 is 5.97 Å². The van der Waals surface area contributed by atoms with Crippen molar-refractivity contribution in [3.05, 3.63) is 59.7 Å². The van der Waals surface area contributed by atoms with Crippen LogP contribution < -0.4 is 4.90 Å². The number of esters is 1. The number of para-hydroxylation sites is 1. The van der Waals surface area contributed by atoms with Crippen LogP contribution in [0.25, 0.3) is 0 Å². The van der Waals surface area contributed by atoms with Crippen molar-refractivity contribution in [3.8, 4) is 0 Å².